The van der Waals surface area contributed by atoms with Crippen LogP contribution in [0.4, 0.5) is 22.0 Å². The van der Waals surface area contributed by atoms with Crippen molar-refractivity contribution in [2.24, 2.45) is 18.7 Å². The minimum Gasteiger partial charge on any atom is -0.494 e. The van der Waals surface area contributed by atoms with Crippen LogP contribution in [-0.2, 0) is 7.05 Å². The van der Waals surface area contributed by atoms with Gasteiger partial charge in [0.2, 0.25) is 0 Å². The topological polar surface area (TPSA) is 140 Å². The average molecular weight is 477 g/mol. The quantitative estimate of drug-likeness (QED) is 0.442. The van der Waals surface area contributed by atoms with Crippen molar-refractivity contribution in [3.8, 4) is 17.1 Å². The number of Topliss-reactive ketones (excluding diaryl/α,β-unsaturated/α-hetero) is 1. The number of nitrogens with one attached hydrogen (secondary N) is 2. The first-order chi connectivity index (χ1) is 16.7. The fourth-order valence-electron chi connectivity index (χ4n) is 4.19. The smallest absolute Gasteiger partial charge is 0.323 e. The number of rotatable bonds is 7. The van der Waals surface area contributed by atoms with Crippen molar-refractivity contribution in [3.05, 3.63) is 42.4 Å². The molecular formula is C24H28N8O3. The zero-order chi connectivity index (χ0) is 24.7. The highest BCUT2D eigenvalue weighted by molar-refractivity contribution is 6.05. The first kappa shape index (κ1) is 22.8. The monoisotopic (exact) mass is 476 g/mol. The summed E-state index contributed by atoms with van der Waals surface area (Å²) in [6.07, 6.45) is 4.87. The molecule has 2 amide bonds. The van der Waals surface area contributed by atoms with Crippen LogP contribution in [0.2, 0.25) is 0 Å². The molecule has 11 heteroatoms. The van der Waals surface area contributed by atoms with Gasteiger partial charge in [-0.05, 0) is 31.9 Å². The Labute approximate surface area is 202 Å². The SMILES string of the molecule is COc1c(Nc2cc(NC(=O)N3CC(C)(N)C3)ncc2C(=O)C2CC2)cccc1-c1ncn(C)n1. The molecule has 182 valence electrons. The lowest BCUT2D eigenvalue weighted by Gasteiger charge is -2.45. The summed E-state index contributed by atoms with van der Waals surface area (Å²) in [7, 11) is 3.36. The van der Waals surface area contributed by atoms with E-state index in [1.165, 1.54) is 6.20 Å². The number of methoxy groups -OCH3 is 1. The van der Waals surface area contributed by atoms with Gasteiger partial charge < -0.3 is 20.7 Å². The Kier molecular flexibility index (Phi) is 5.64. The van der Waals surface area contributed by atoms with Gasteiger partial charge in [0.05, 0.1) is 29.6 Å². The molecule has 35 heavy (non-hydrogen) atoms. The fraction of sp³-hybridized carbons (Fsp3) is 0.375. The van der Waals surface area contributed by atoms with E-state index in [0.717, 1.165) is 12.8 Å². The van der Waals surface area contributed by atoms with Crippen LogP contribution in [0.5, 0.6) is 5.75 Å². The predicted molar refractivity (Wildman–Crippen MR) is 131 cm³/mol. The summed E-state index contributed by atoms with van der Waals surface area (Å²) >= 11 is 0. The highest BCUT2D eigenvalue weighted by Crippen LogP contribution is 2.39. The van der Waals surface area contributed by atoms with Crippen LogP contribution >= 0.6 is 0 Å². The number of aromatic nitrogens is 4. The van der Waals surface area contributed by atoms with Gasteiger partial charge in [0, 0.05) is 43.9 Å². The predicted octanol–water partition coefficient (Wildman–Crippen LogP) is 2.79. The summed E-state index contributed by atoms with van der Waals surface area (Å²) < 4.78 is 7.32. The molecule has 1 saturated heterocycles. The minimum absolute atomic E-state index is 0.00654. The Morgan fingerprint density at radius 1 is 1.20 bits per heavy atom. The number of carbonyl (C=O) groups is 2. The molecule has 0 unspecified atom stereocenters. The maximum atomic E-state index is 13.0. The van der Waals surface area contributed by atoms with Crippen LogP contribution in [0, 0.1) is 5.92 Å². The van der Waals surface area contributed by atoms with E-state index in [1.807, 2.05) is 25.1 Å². The molecule has 3 heterocycles. The normalized spacial score (nSPS) is 16.4. The second kappa shape index (κ2) is 8.66. The van der Waals surface area contributed by atoms with Gasteiger partial charge in [-0.1, -0.05) is 6.07 Å². The number of carbonyl (C=O) groups excluding carboxylic acids is 2. The summed E-state index contributed by atoms with van der Waals surface area (Å²) in [4.78, 5) is 35.9. The number of pyridine rings is 1. The summed E-state index contributed by atoms with van der Waals surface area (Å²) in [6.45, 7) is 2.83. The van der Waals surface area contributed by atoms with Crippen molar-refractivity contribution in [2.75, 3.05) is 30.8 Å². The van der Waals surface area contributed by atoms with E-state index in [2.05, 4.69) is 25.7 Å². The number of urea groups is 1. The van der Waals surface area contributed by atoms with Crippen molar-refractivity contribution in [3.63, 3.8) is 0 Å². The number of likely N-dealkylation sites (tertiary alicyclic amines) is 1. The van der Waals surface area contributed by atoms with Gasteiger partial charge in [0.25, 0.3) is 0 Å². The number of ketones is 1. The van der Waals surface area contributed by atoms with Crippen LogP contribution in [0.15, 0.2) is 36.8 Å². The number of nitrogens with zero attached hydrogens (tertiary/aromatic N) is 5. The zero-order valence-corrected chi connectivity index (χ0v) is 19.9. The molecule has 0 atom stereocenters. The Bertz CT molecular complexity index is 1290. The van der Waals surface area contributed by atoms with E-state index in [1.54, 1.807) is 36.1 Å². The minimum atomic E-state index is -0.373. The van der Waals surface area contributed by atoms with E-state index in [4.69, 9.17) is 10.5 Å². The van der Waals surface area contributed by atoms with Crippen molar-refractivity contribution >= 4 is 29.0 Å². The Morgan fingerprint density at radius 3 is 2.60 bits per heavy atom. The number of benzene rings is 1. The first-order valence-corrected chi connectivity index (χ1v) is 11.4. The number of aryl methyl sites for hydroxylation is 1. The lowest BCUT2D eigenvalue weighted by molar-refractivity contribution is 0.0968. The van der Waals surface area contributed by atoms with Crippen molar-refractivity contribution < 1.29 is 14.3 Å². The molecule has 2 aromatic heterocycles. The number of ether oxygens (including phenoxy) is 1. The van der Waals surface area contributed by atoms with Gasteiger partial charge in [0.15, 0.2) is 17.4 Å². The second-order valence-corrected chi connectivity index (χ2v) is 9.45. The molecule has 0 radical (unpaired) electrons. The molecule has 0 bridgehead atoms. The molecule has 1 saturated carbocycles. The molecule has 1 aliphatic heterocycles. The average Bonchev–Trinajstić information content (AvgIpc) is 3.57. The molecule has 0 spiro atoms. The van der Waals surface area contributed by atoms with E-state index in [9.17, 15) is 9.59 Å². The number of para-hydroxylation sites is 1. The largest absolute Gasteiger partial charge is 0.494 e. The maximum absolute atomic E-state index is 13.0. The van der Waals surface area contributed by atoms with E-state index in [0.29, 0.717) is 53.0 Å². The summed E-state index contributed by atoms with van der Waals surface area (Å²) in [5, 5.41) is 10.5. The Balaban J connectivity index is 1.46. The number of hydrogen-bond donors (Lipinski definition) is 3. The lowest BCUT2D eigenvalue weighted by Crippen LogP contribution is -2.67. The van der Waals surface area contributed by atoms with Crippen LogP contribution in [-0.4, -0.2) is 62.2 Å². The van der Waals surface area contributed by atoms with Gasteiger partial charge in [-0.2, -0.15) is 5.10 Å². The van der Waals surface area contributed by atoms with Crippen molar-refractivity contribution in [1.29, 1.82) is 0 Å². The number of anilines is 3. The van der Waals surface area contributed by atoms with E-state index >= 15 is 0 Å². The molecule has 2 fully saturated rings. The lowest BCUT2D eigenvalue weighted by atomic mass is 9.94. The second-order valence-electron chi connectivity index (χ2n) is 9.45. The summed E-state index contributed by atoms with van der Waals surface area (Å²) in [6, 6.07) is 6.95. The van der Waals surface area contributed by atoms with E-state index in [-0.39, 0.29) is 23.3 Å². The summed E-state index contributed by atoms with van der Waals surface area (Å²) in [5.41, 5.74) is 7.98. The van der Waals surface area contributed by atoms with Gasteiger partial charge in [-0.25, -0.2) is 14.8 Å². The Morgan fingerprint density at radius 2 is 1.97 bits per heavy atom. The zero-order valence-electron chi connectivity index (χ0n) is 19.9. The van der Waals surface area contributed by atoms with Crippen LogP contribution < -0.4 is 21.1 Å². The highest BCUT2D eigenvalue weighted by atomic mass is 16.5. The van der Waals surface area contributed by atoms with Gasteiger partial charge in [0.1, 0.15) is 12.1 Å². The molecular weight excluding hydrogens is 448 g/mol. The van der Waals surface area contributed by atoms with Crippen molar-refractivity contribution in [1.82, 2.24) is 24.6 Å². The molecule has 1 aromatic carbocycles. The molecule has 3 aromatic rings. The number of amides is 2. The number of nitrogens with two attached hydrogens (primary N) is 1. The van der Waals surface area contributed by atoms with Gasteiger partial charge >= 0.3 is 6.03 Å². The third-order valence-corrected chi connectivity index (χ3v) is 6.07. The standard InChI is InChI=1S/C24H28N8O3/c1-24(25)11-32(12-24)23(34)29-19-9-18(16(10-26-19)20(33)14-7-8-14)28-17-6-4-5-15(21(17)35-3)22-27-13-31(2)30-22/h4-6,9-10,13-14H,7-8,11-12,25H2,1-3H3,(H2,26,28,29,34). The molecule has 1 aliphatic carbocycles. The summed E-state index contributed by atoms with van der Waals surface area (Å²) in [5.74, 6) is 1.42. The highest BCUT2D eigenvalue weighted by Gasteiger charge is 2.38. The van der Waals surface area contributed by atoms with Crippen LogP contribution in [0.3, 0.4) is 0 Å². The molecule has 11 nitrogen and oxygen atoms in total. The first-order valence-electron chi connectivity index (χ1n) is 11.4. The third kappa shape index (κ3) is 4.67. The van der Waals surface area contributed by atoms with E-state index < -0.39 is 0 Å². The van der Waals surface area contributed by atoms with Gasteiger partial charge in [-0.15, -0.1) is 0 Å². The molecule has 4 N–H and O–H groups in total. The van der Waals surface area contributed by atoms with Crippen LogP contribution in [0.1, 0.15) is 30.1 Å². The molecule has 2 aliphatic rings. The number of hydrogen-bond acceptors (Lipinski definition) is 8. The maximum Gasteiger partial charge on any atom is 0.323 e. The molecule has 5 rings (SSSR count). The van der Waals surface area contributed by atoms with Gasteiger partial charge in [-0.3, -0.25) is 14.8 Å². The Hall–Kier alpha value is -3.99. The third-order valence-electron chi connectivity index (χ3n) is 6.07. The fourth-order valence-corrected chi connectivity index (χ4v) is 4.19. The van der Waals surface area contributed by atoms with Crippen molar-refractivity contribution in [2.45, 2.75) is 25.3 Å². The van der Waals surface area contributed by atoms with Crippen LogP contribution in [0.25, 0.3) is 11.4 Å².